The van der Waals surface area contributed by atoms with E-state index in [1.165, 1.54) is 6.07 Å². The van der Waals surface area contributed by atoms with E-state index in [4.69, 9.17) is 4.74 Å². The number of carbonyl (C=O) groups excluding carboxylic acids is 1. The maximum absolute atomic E-state index is 13.5. The van der Waals surface area contributed by atoms with Crippen molar-refractivity contribution in [3.8, 4) is 11.3 Å². The highest BCUT2D eigenvalue weighted by Gasteiger charge is 2.31. The zero-order valence-electron chi connectivity index (χ0n) is 19.8. The van der Waals surface area contributed by atoms with Crippen molar-refractivity contribution in [2.24, 2.45) is 0 Å². The van der Waals surface area contributed by atoms with E-state index in [0.717, 1.165) is 64.4 Å². The maximum Gasteiger partial charge on any atom is 0.416 e. The highest BCUT2D eigenvalue weighted by Crippen LogP contribution is 2.36. The van der Waals surface area contributed by atoms with Gasteiger partial charge in [-0.05, 0) is 44.1 Å². The first-order chi connectivity index (χ1) is 17.3. The molecule has 2 aromatic carbocycles. The van der Waals surface area contributed by atoms with Crippen LogP contribution in [-0.2, 0) is 17.5 Å². The van der Waals surface area contributed by atoms with E-state index in [0.29, 0.717) is 22.5 Å². The van der Waals surface area contributed by atoms with E-state index < -0.39 is 17.7 Å². The van der Waals surface area contributed by atoms with Crippen LogP contribution >= 0.6 is 0 Å². The van der Waals surface area contributed by atoms with E-state index in [-0.39, 0.29) is 23.4 Å². The molecule has 1 aromatic heterocycles. The van der Waals surface area contributed by atoms with Gasteiger partial charge in [0.1, 0.15) is 0 Å². The van der Waals surface area contributed by atoms with Gasteiger partial charge in [0, 0.05) is 47.8 Å². The first-order valence-corrected chi connectivity index (χ1v) is 12.2. The van der Waals surface area contributed by atoms with Crippen LogP contribution in [0.1, 0.15) is 34.3 Å². The summed E-state index contributed by atoms with van der Waals surface area (Å²) in [7, 11) is 0. The Labute approximate surface area is 207 Å². The Balaban J connectivity index is 1.52. The molecule has 0 spiro atoms. The fourth-order valence-corrected chi connectivity index (χ4v) is 5.33. The predicted molar refractivity (Wildman–Crippen MR) is 127 cm³/mol. The number of piperidine rings is 1. The molecule has 2 aliphatic heterocycles. The van der Waals surface area contributed by atoms with Gasteiger partial charge in [-0.1, -0.05) is 30.3 Å². The standard InChI is InChI=1S/C27H28F3N3O3/c28-27(29,30)19-5-3-4-18(16-19)25-22(24(26(34)35)21-6-1-2-7-23(21)31-25)17-32-10-8-20(9-11-32)33-12-14-36-15-13-33/h1-7,16,20H,8-15,17H2,(H,34,35)/p-1. The van der Waals surface area contributed by atoms with Crippen molar-refractivity contribution in [2.45, 2.75) is 31.6 Å². The Morgan fingerprint density at radius 3 is 2.44 bits per heavy atom. The van der Waals surface area contributed by atoms with Crippen LogP contribution in [0.5, 0.6) is 0 Å². The number of hydrogen-bond acceptors (Lipinski definition) is 6. The van der Waals surface area contributed by atoms with Gasteiger partial charge in [0.2, 0.25) is 0 Å². The topological polar surface area (TPSA) is 68.7 Å². The maximum atomic E-state index is 13.5. The van der Waals surface area contributed by atoms with Crippen molar-refractivity contribution in [2.75, 3.05) is 39.4 Å². The normalized spacial score (nSPS) is 18.5. The highest BCUT2D eigenvalue weighted by molar-refractivity contribution is 6.04. The Morgan fingerprint density at radius 1 is 1.03 bits per heavy atom. The zero-order chi connectivity index (χ0) is 25.3. The number of carbonyl (C=O) groups is 1. The number of carboxylic acid groups (broad SMARTS) is 1. The largest absolute Gasteiger partial charge is 0.545 e. The summed E-state index contributed by atoms with van der Waals surface area (Å²) in [4.78, 5) is 21.7. The van der Waals surface area contributed by atoms with Crippen LogP contribution in [0.2, 0.25) is 0 Å². The fourth-order valence-electron chi connectivity index (χ4n) is 5.33. The number of ether oxygens (including phenoxy) is 1. The van der Waals surface area contributed by atoms with Crippen LogP contribution in [0.15, 0.2) is 48.5 Å². The summed E-state index contributed by atoms with van der Waals surface area (Å²) in [5.41, 5.74) is 0.452. The minimum absolute atomic E-state index is 0.0108. The lowest BCUT2D eigenvalue weighted by atomic mass is 9.94. The van der Waals surface area contributed by atoms with E-state index in [1.54, 1.807) is 30.3 Å². The first-order valence-electron chi connectivity index (χ1n) is 12.2. The van der Waals surface area contributed by atoms with E-state index >= 15 is 0 Å². The molecule has 0 atom stereocenters. The molecule has 3 heterocycles. The van der Waals surface area contributed by atoms with Crippen LogP contribution in [0.3, 0.4) is 0 Å². The van der Waals surface area contributed by atoms with Crippen LogP contribution in [0.4, 0.5) is 13.2 Å². The van der Waals surface area contributed by atoms with Gasteiger partial charge in [0.15, 0.2) is 0 Å². The number of likely N-dealkylation sites (tertiary alicyclic amines) is 1. The van der Waals surface area contributed by atoms with E-state index in [9.17, 15) is 23.1 Å². The van der Waals surface area contributed by atoms with Gasteiger partial charge < -0.3 is 14.6 Å². The molecule has 0 N–H and O–H groups in total. The van der Waals surface area contributed by atoms with Gasteiger partial charge >= 0.3 is 6.18 Å². The summed E-state index contributed by atoms with van der Waals surface area (Å²) in [6, 6.07) is 12.1. The van der Waals surface area contributed by atoms with Gasteiger partial charge in [-0.3, -0.25) is 9.80 Å². The SMILES string of the molecule is O=C([O-])c1c(CN2CCC(N3CCOCC3)CC2)c(-c2cccc(C(F)(F)F)c2)nc2ccccc12. The molecule has 0 aliphatic carbocycles. The molecular formula is C27H27F3N3O3-. The van der Waals surface area contributed by atoms with Gasteiger partial charge in [0.25, 0.3) is 0 Å². The lowest BCUT2D eigenvalue weighted by molar-refractivity contribution is -0.254. The second-order valence-electron chi connectivity index (χ2n) is 9.35. The number of fused-ring (bicyclic) bond motifs is 1. The molecule has 190 valence electrons. The number of carboxylic acids is 1. The Morgan fingerprint density at radius 2 is 1.75 bits per heavy atom. The molecule has 3 aromatic rings. The number of halogens is 3. The lowest BCUT2D eigenvalue weighted by Gasteiger charge is -2.40. The van der Waals surface area contributed by atoms with Gasteiger partial charge in [-0.2, -0.15) is 13.2 Å². The van der Waals surface area contributed by atoms with Crippen LogP contribution in [-0.4, -0.2) is 66.2 Å². The van der Waals surface area contributed by atoms with E-state index in [2.05, 4.69) is 14.8 Å². The third-order valence-corrected chi connectivity index (χ3v) is 7.16. The molecule has 5 rings (SSSR count). The second-order valence-corrected chi connectivity index (χ2v) is 9.35. The third-order valence-electron chi connectivity index (χ3n) is 7.16. The molecule has 0 amide bonds. The molecule has 2 saturated heterocycles. The molecule has 36 heavy (non-hydrogen) atoms. The van der Waals surface area contributed by atoms with Crippen molar-refractivity contribution < 1.29 is 27.8 Å². The summed E-state index contributed by atoms with van der Waals surface area (Å²) in [6.45, 7) is 5.06. The Bertz CT molecular complexity index is 1250. The van der Waals surface area contributed by atoms with Crippen molar-refractivity contribution in [3.63, 3.8) is 0 Å². The van der Waals surface area contributed by atoms with Crippen LogP contribution in [0.25, 0.3) is 22.2 Å². The van der Waals surface area contributed by atoms with Crippen LogP contribution < -0.4 is 5.11 Å². The summed E-state index contributed by atoms with van der Waals surface area (Å²) in [6.07, 6.45) is -2.66. The van der Waals surface area contributed by atoms with Gasteiger partial charge in [0.05, 0.1) is 36.0 Å². The zero-order valence-corrected chi connectivity index (χ0v) is 19.8. The number of morpholine rings is 1. The monoisotopic (exact) mass is 498 g/mol. The summed E-state index contributed by atoms with van der Waals surface area (Å²) < 4.78 is 45.8. The van der Waals surface area contributed by atoms with Crippen LogP contribution in [0, 0.1) is 0 Å². The highest BCUT2D eigenvalue weighted by atomic mass is 19.4. The van der Waals surface area contributed by atoms with Crippen molar-refractivity contribution in [3.05, 3.63) is 65.2 Å². The molecule has 6 nitrogen and oxygen atoms in total. The molecule has 2 fully saturated rings. The average Bonchev–Trinajstić information content (AvgIpc) is 2.88. The molecule has 9 heteroatoms. The molecule has 0 bridgehead atoms. The summed E-state index contributed by atoms with van der Waals surface area (Å²) >= 11 is 0. The quantitative estimate of drug-likeness (QED) is 0.536. The third kappa shape index (κ3) is 5.09. The summed E-state index contributed by atoms with van der Waals surface area (Å²) in [5.74, 6) is -1.36. The second kappa shape index (κ2) is 10.2. The lowest BCUT2D eigenvalue weighted by Crippen LogP contribution is -2.48. The van der Waals surface area contributed by atoms with Crippen molar-refractivity contribution >= 4 is 16.9 Å². The predicted octanol–water partition coefficient (Wildman–Crippen LogP) is 3.58. The first kappa shape index (κ1) is 24.7. The number of para-hydroxylation sites is 1. The summed E-state index contributed by atoms with van der Waals surface area (Å²) in [5, 5.41) is 12.8. The number of benzene rings is 2. The van der Waals surface area contributed by atoms with Crippen molar-refractivity contribution in [1.29, 1.82) is 0 Å². The molecule has 0 saturated carbocycles. The molecule has 0 unspecified atom stereocenters. The fraction of sp³-hybridized carbons (Fsp3) is 0.407. The van der Waals surface area contributed by atoms with Gasteiger partial charge in [-0.15, -0.1) is 0 Å². The number of rotatable bonds is 5. The number of nitrogens with zero attached hydrogens (tertiary/aromatic N) is 3. The number of aromatic carboxylic acids is 1. The minimum atomic E-state index is -4.52. The Hall–Kier alpha value is -3.01. The smallest absolute Gasteiger partial charge is 0.416 e. The van der Waals surface area contributed by atoms with E-state index in [1.807, 2.05) is 0 Å². The molecular weight excluding hydrogens is 471 g/mol. The number of hydrogen-bond donors (Lipinski definition) is 0. The molecule has 0 radical (unpaired) electrons. The van der Waals surface area contributed by atoms with Crippen molar-refractivity contribution in [1.82, 2.24) is 14.8 Å². The molecule has 2 aliphatic rings. The number of pyridine rings is 1. The number of alkyl halides is 3. The average molecular weight is 499 g/mol. The minimum Gasteiger partial charge on any atom is -0.545 e. The Kier molecular flexibility index (Phi) is 6.96. The number of aromatic nitrogens is 1. The van der Waals surface area contributed by atoms with Gasteiger partial charge in [-0.25, -0.2) is 4.98 Å².